The molecule has 0 unspecified atom stereocenters. The highest BCUT2D eigenvalue weighted by molar-refractivity contribution is 7.99. The predicted molar refractivity (Wildman–Crippen MR) is 110 cm³/mol. The first-order valence-electron chi connectivity index (χ1n) is 9.11. The fraction of sp³-hybridized carbons (Fsp3) is 0.381. The number of Topliss-reactive ketones (excluding diaryl/α,β-unsaturated/α-hetero) is 1. The zero-order chi connectivity index (χ0) is 19.7. The molecule has 6 heteroatoms. The van der Waals surface area contributed by atoms with Gasteiger partial charge in [0.1, 0.15) is 5.82 Å². The van der Waals surface area contributed by atoms with Gasteiger partial charge < -0.3 is 9.13 Å². The molecule has 0 fully saturated rings. The Kier molecular flexibility index (Phi) is 5.56. The lowest BCUT2D eigenvalue weighted by Gasteiger charge is -2.12. The molecule has 1 aromatic carbocycles. The van der Waals surface area contributed by atoms with Crippen LogP contribution in [0.3, 0.4) is 0 Å². The Morgan fingerprint density at radius 2 is 1.78 bits per heavy atom. The maximum absolute atomic E-state index is 12.8. The molecule has 2 heterocycles. The van der Waals surface area contributed by atoms with E-state index in [0.29, 0.717) is 11.7 Å². The van der Waals surface area contributed by atoms with E-state index in [1.165, 1.54) is 17.3 Å². The van der Waals surface area contributed by atoms with Gasteiger partial charge in [-0.15, -0.1) is 10.2 Å². The van der Waals surface area contributed by atoms with Crippen LogP contribution < -0.4 is 0 Å². The Bertz CT molecular complexity index is 967. The lowest BCUT2D eigenvalue weighted by atomic mass is 10.0. The van der Waals surface area contributed by atoms with Crippen LogP contribution in [0, 0.1) is 20.8 Å². The van der Waals surface area contributed by atoms with Crippen molar-refractivity contribution < 1.29 is 4.79 Å². The summed E-state index contributed by atoms with van der Waals surface area (Å²) in [4.78, 5) is 12.8. The molecule has 0 aliphatic carbocycles. The smallest absolute Gasteiger partial charge is 0.191 e. The highest BCUT2D eigenvalue weighted by atomic mass is 32.2. The molecular weight excluding hydrogens is 356 g/mol. The van der Waals surface area contributed by atoms with Gasteiger partial charge in [0.05, 0.1) is 5.75 Å². The minimum absolute atomic E-state index is 0.110. The summed E-state index contributed by atoms with van der Waals surface area (Å²) in [7, 11) is 1.91. The highest BCUT2D eigenvalue weighted by Gasteiger charge is 2.18. The second-order valence-electron chi connectivity index (χ2n) is 7.17. The summed E-state index contributed by atoms with van der Waals surface area (Å²) < 4.78 is 4.05. The van der Waals surface area contributed by atoms with Gasteiger partial charge in [0.2, 0.25) is 0 Å². The minimum atomic E-state index is 0.110. The van der Waals surface area contributed by atoms with Gasteiger partial charge in [0.15, 0.2) is 10.9 Å². The van der Waals surface area contributed by atoms with E-state index < -0.39 is 0 Å². The SMILES string of the molecule is Cc1nnc(SCC(=O)c2cc(C)n(-c3ccc(C(C)C)cc3)c2C)n1C. The van der Waals surface area contributed by atoms with E-state index >= 15 is 0 Å². The molecule has 5 nitrogen and oxygen atoms in total. The number of hydrogen-bond donors (Lipinski definition) is 0. The van der Waals surface area contributed by atoms with E-state index in [4.69, 9.17) is 0 Å². The molecule has 3 aromatic rings. The average molecular weight is 383 g/mol. The molecule has 0 spiro atoms. The quantitative estimate of drug-likeness (QED) is 0.461. The number of aryl methyl sites for hydroxylation is 2. The normalized spacial score (nSPS) is 11.4. The fourth-order valence-electron chi connectivity index (χ4n) is 3.17. The van der Waals surface area contributed by atoms with Gasteiger partial charge in [-0.3, -0.25) is 4.79 Å². The standard InChI is InChI=1S/C21H26N4OS/c1-13(2)17-7-9-18(10-8-17)25-14(3)11-19(15(25)4)20(26)12-27-21-23-22-16(5)24(21)6/h7-11,13H,12H2,1-6H3. The molecule has 0 N–H and O–H groups in total. The summed E-state index contributed by atoms with van der Waals surface area (Å²) >= 11 is 1.43. The first-order valence-corrected chi connectivity index (χ1v) is 10.1. The minimum Gasteiger partial charge on any atom is -0.318 e. The molecule has 0 bridgehead atoms. The van der Waals surface area contributed by atoms with Gasteiger partial charge in [-0.1, -0.05) is 37.7 Å². The molecule has 0 amide bonds. The molecule has 0 aliphatic heterocycles. The van der Waals surface area contributed by atoms with Crippen molar-refractivity contribution in [3.05, 3.63) is 58.7 Å². The van der Waals surface area contributed by atoms with Crippen molar-refractivity contribution in [2.75, 3.05) is 5.75 Å². The van der Waals surface area contributed by atoms with Gasteiger partial charge >= 0.3 is 0 Å². The van der Waals surface area contributed by atoms with Crippen molar-refractivity contribution in [2.24, 2.45) is 7.05 Å². The maximum atomic E-state index is 12.8. The van der Waals surface area contributed by atoms with E-state index in [-0.39, 0.29) is 5.78 Å². The van der Waals surface area contributed by atoms with Crippen LogP contribution in [0.25, 0.3) is 5.69 Å². The zero-order valence-corrected chi connectivity index (χ0v) is 17.6. The number of rotatable bonds is 6. The maximum Gasteiger partial charge on any atom is 0.191 e. The van der Waals surface area contributed by atoms with Crippen LogP contribution in [0.5, 0.6) is 0 Å². The van der Waals surface area contributed by atoms with Crippen molar-refractivity contribution in [3.63, 3.8) is 0 Å². The average Bonchev–Trinajstić information content (AvgIpc) is 3.12. The molecule has 0 saturated carbocycles. The van der Waals surface area contributed by atoms with Gasteiger partial charge in [0.25, 0.3) is 0 Å². The third-order valence-electron chi connectivity index (χ3n) is 4.93. The molecule has 3 rings (SSSR count). The number of carbonyl (C=O) groups is 1. The first-order chi connectivity index (χ1) is 12.8. The summed E-state index contributed by atoms with van der Waals surface area (Å²) in [6, 6.07) is 10.6. The second kappa shape index (κ2) is 7.72. The fourth-order valence-corrected chi connectivity index (χ4v) is 4.01. The van der Waals surface area contributed by atoms with E-state index in [9.17, 15) is 4.79 Å². The molecule has 0 aliphatic rings. The summed E-state index contributed by atoms with van der Waals surface area (Å²) in [6.07, 6.45) is 0. The molecular formula is C21H26N4OS. The van der Waals surface area contributed by atoms with Crippen LogP contribution >= 0.6 is 11.8 Å². The van der Waals surface area contributed by atoms with Crippen molar-refractivity contribution in [2.45, 2.75) is 45.7 Å². The number of carbonyl (C=O) groups excluding carboxylic acids is 1. The molecule has 0 atom stereocenters. The first kappa shape index (κ1) is 19.4. The summed E-state index contributed by atoms with van der Waals surface area (Å²) in [5.74, 6) is 1.80. The van der Waals surface area contributed by atoms with E-state index in [1.54, 1.807) is 0 Å². The van der Waals surface area contributed by atoms with Crippen molar-refractivity contribution >= 4 is 17.5 Å². The van der Waals surface area contributed by atoms with E-state index in [1.807, 2.05) is 38.5 Å². The van der Waals surface area contributed by atoms with Gasteiger partial charge in [-0.05, 0) is 50.5 Å². The van der Waals surface area contributed by atoms with E-state index in [0.717, 1.165) is 33.6 Å². The number of hydrogen-bond acceptors (Lipinski definition) is 4. The van der Waals surface area contributed by atoms with Crippen molar-refractivity contribution in [1.29, 1.82) is 0 Å². The zero-order valence-electron chi connectivity index (χ0n) is 16.8. The molecule has 0 saturated heterocycles. The summed E-state index contributed by atoms with van der Waals surface area (Å²) in [5.41, 5.74) is 5.21. The topological polar surface area (TPSA) is 52.7 Å². The lowest BCUT2D eigenvalue weighted by molar-refractivity contribution is 0.102. The third-order valence-corrected chi connectivity index (χ3v) is 5.95. The van der Waals surface area contributed by atoms with Crippen LogP contribution in [0.15, 0.2) is 35.5 Å². The number of benzene rings is 1. The largest absolute Gasteiger partial charge is 0.318 e. The highest BCUT2D eigenvalue weighted by Crippen LogP contribution is 2.25. The van der Waals surface area contributed by atoms with Crippen LogP contribution in [-0.4, -0.2) is 30.9 Å². The number of nitrogens with zero attached hydrogens (tertiary/aromatic N) is 4. The molecule has 142 valence electrons. The number of aromatic nitrogens is 4. The van der Waals surface area contributed by atoms with Crippen LogP contribution in [-0.2, 0) is 7.05 Å². The molecule has 27 heavy (non-hydrogen) atoms. The second-order valence-corrected chi connectivity index (χ2v) is 8.11. The van der Waals surface area contributed by atoms with Crippen molar-refractivity contribution in [3.8, 4) is 5.69 Å². The van der Waals surface area contributed by atoms with Gasteiger partial charge in [0, 0.05) is 29.7 Å². The van der Waals surface area contributed by atoms with Gasteiger partial charge in [-0.2, -0.15) is 0 Å². The Morgan fingerprint density at radius 3 is 2.33 bits per heavy atom. The van der Waals surface area contributed by atoms with E-state index in [2.05, 4.69) is 52.9 Å². The Hall–Kier alpha value is -2.34. The Labute approximate surface area is 164 Å². The number of thioether (sulfide) groups is 1. The molecule has 0 radical (unpaired) electrons. The predicted octanol–water partition coefficient (Wildman–Crippen LogP) is 4.63. The van der Waals surface area contributed by atoms with Gasteiger partial charge in [-0.25, -0.2) is 0 Å². The third kappa shape index (κ3) is 3.86. The number of ketones is 1. The van der Waals surface area contributed by atoms with Crippen molar-refractivity contribution in [1.82, 2.24) is 19.3 Å². The van der Waals surface area contributed by atoms with Crippen LogP contribution in [0.4, 0.5) is 0 Å². The Morgan fingerprint density at radius 1 is 1.11 bits per heavy atom. The van der Waals surface area contributed by atoms with Crippen LogP contribution in [0.2, 0.25) is 0 Å². The summed E-state index contributed by atoms with van der Waals surface area (Å²) in [5, 5.41) is 8.92. The van der Waals surface area contributed by atoms with Crippen LogP contribution in [0.1, 0.15) is 52.9 Å². The summed E-state index contributed by atoms with van der Waals surface area (Å²) in [6.45, 7) is 10.3. The Balaban J connectivity index is 1.82. The lowest BCUT2D eigenvalue weighted by Crippen LogP contribution is -2.06. The monoisotopic (exact) mass is 382 g/mol. The molecule has 2 aromatic heterocycles.